The Morgan fingerprint density at radius 3 is 2.43 bits per heavy atom. The summed E-state index contributed by atoms with van der Waals surface area (Å²) in [4.78, 5) is 14.9. The smallest absolute Gasteiger partial charge is 0.224 e. The van der Waals surface area contributed by atoms with Crippen molar-refractivity contribution in [1.29, 1.82) is 0 Å². The van der Waals surface area contributed by atoms with E-state index >= 15 is 0 Å². The van der Waals surface area contributed by atoms with Crippen molar-refractivity contribution in [3.63, 3.8) is 0 Å². The molecule has 1 amide bonds. The number of fused-ring (bicyclic) bond motifs is 1. The van der Waals surface area contributed by atoms with Crippen molar-refractivity contribution in [2.75, 3.05) is 11.9 Å². The van der Waals surface area contributed by atoms with Crippen LogP contribution in [0.25, 0.3) is 0 Å². The maximum absolute atomic E-state index is 13.2. The zero-order valence-corrected chi connectivity index (χ0v) is 17.7. The molecule has 0 spiro atoms. The third kappa shape index (κ3) is 4.99. The summed E-state index contributed by atoms with van der Waals surface area (Å²) in [5.74, 6) is -0.120. The van der Waals surface area contributed by atoms with Gasteiger partial charge in [0.2, 0.25) is 5.91 Å². The van der Waals surface area contributed by atoms with Crippen LogP contribution in [0.5, 0.6) is 0 Å². The fourth-order valence-electron chi connectivity index (χ4n) is 4.00. The van der Waals surface area contributed by atoms with Crippen molar-refractivity contribution in [2.24, 2.45) is 5.41 Å². The Morgan fingerprint density at radius 1 is 1.11 bits per heavy atom. The van der Waals surface area contributed by atoms with Crippen LogP contribution >= 0.6 is 0 Å². The molecular weight excluding hydrogens is 351 g/mol. The predicted molar refractivity (Wildman–Crippen MR) is 113 cm³/mol. The fourth-order valence-corrected chi connectivity index (χ4v) is 4.00. The first-order valence-corrected chi connectivity index (χ1v) is 10.0. The van der Waals surface area contributed by atoms with E-state index in [2.05, 4.69) is 50.9 Å². The highest BCUT2D eigenvalue weighted by atomic mass is 19.1. The van der Waals surface area contributed by atoms with Gasteiger partial charge in [0, 0.05) is 31.7 Å². The van der Waals surface area contributed by atoms with E-state index in [1.54, 1.807) is 0 Å². The summed E-state index contributed by atoms with van der Waals surface area (Å²) in [5, 5.41) is 3.19. The molecule has 0 fully saturated rings. The minimum atomic E-state index is -0.199. The molecule has 1 heterocycles. The molecule has 2 aromatic carbocycles. The van der Waals surface area contributed by atoms with Gasteiger partial charge in [0.15, 0.2) is 0 Å². The number of halogens is 1. The summed E-state index contributed by atoms with van der Waals surface area (Å²) < 4.78 is 13.2. The number of benzene rings is 2. The lowest BCUT2D eigenvalue weighted by molar-refractivity contribution is -0.117. The minimum absolute atomic E-state index is 0.0330. The lowest BCUT2D eigenvalue weighted by Gasteiger charge is -2.32. The molecule has 0 atom stereocenters. The number of aryl methyl sites for hydroxylation is 2. The van der Waals surface area contributed by atoms with Crippen molar-refractivity contribution < 1.29 is 9.18 Å². The first-order valence-electron chi connectivity index (χ1n) is 10.0. The topological polar surface area (TPSA) is 32.3 Å². The van der Waals surface area contributed by atoms with Crippen LogP contribution in [-0.2, 0) is 24.3 Å². The number of hydrogen-bond donors (Lipinski definition) is 1. The Labute approximate surface area is 167 Å². The second-order valence-electron chi connectivity index (χ2n) is 9.22. The lowest BCUT2D eigenvalue weighted by atomic mass is 9.89. The van der Waals surface area contributed by atoms with Crippen molar-refractivity contribution in [1.82, 2.24) is 4.90 Å². The fraction of sp³-hybridized carbons (Fsp3) is 0.458. The molecule has 150 valence electrons. The van der Waals surface area contributed by atoms with Crippen LogP contribution < -0.4 is 5.32 Å². The van der Waals surface area contributed by atoms with Gasteiger partial charge in [-0.2, -0.15) is 0 Å². The van der Waals surface area contributed by atoms with Crippen molar-refractivity contribution in [3.05, 3.63) is 64.0 Å². The Balaban J connectivity index is 1.80. The molecule has 0 bridgehead atoms. The number of amides is 1. The SMILES string of the molecule is Cc1cc(C)c(NC(=O)CC(C)(C)C)c2c1CN(Cc1ccc(F)cc1)CC2. The number of carbonyl (C=O) groups excluding carboxylic acids is 1. The van der Waals surface area contributed by atoms with Gasteiger partial charge in [0.05, 0.1) is 0 Å². The molecule has 0 saturated heterocycles. The Kier molecular flexibility index (Phi) is 5.90. The number of nitrogens with one attached hydrogen (secondary N) is 1. The summed E-state index contributed by atoms with van der Waals surface area (Å²) in [7, 11) is 0. The number of rotatable bonds is 4. The van der Waals surface area contributed by atoms with Crippen LogP contribution in [0.4, 0.5) is 10.1 Å². The van der Waals surface area contributed by atoms with Crippen molar-refractivity contribution >= 4 is 11.6 Å². The highest BCUT2D eigenvalue weighted by Crippen LogP contribution is 2.33. The maximum Gasteiger partial charge on any atom is 0.224 e. The molecule has 1 N–H and O–H groups in total. The summed E-state index contributed by atoms with van der Waals surface area (Å²) in [6.45, 7) is 13.0. The van der Waals surface area contributed by atoms with Gasteiger partial charge in [-0.05, 0) is 65.6 Å². The van der Waals surface area contributed by atoms with Crippen molar-refractivity contribution in [3.8, 4) is 0 Å². The van der Waals surface area contributed by atoms with E-state index in [1.807, 2.05) is 12.1 Å². The summed E-state index contributed by atoms with van der Waals surface area (Å²) in [6.07, 6.45) is 1.41. The summed E-state index contributed by atoms with van der Waals surface area (Å²) in [6, 6.07) is 8.91. The number of carbonyl (C=O) groups is 1. The number of hydrogen-bond acceptors (Lipinski definition) is 2. The molecule has 28 heavy (non-hydrogen) atoms. The molecule has 0 aromatic heterocycles. The second kappa shape index (κ2) is 8.04. The quantitative estimate of drug-likeness (QED) is 0.770. The Morgan fingerprint density at radius 2 is 1.79 bits per heavy atom. The first-order chi connectivity index (χ1) is 13.1. The molecular formula is C24H31FN2O. The van der Waals surface area contributed by atoms with Gasteiger partial charge in [-0.15, -0.1) is 0 Å². The maximum atomic E-state index is 13.2. The Bertz CT molecular complexity index is 866. The van der Waals surface area contributed by atoms with Crippen LogP contribution in [0.2, 0.25) is 0 Å². The molecule has 0 radical (unpaired) electrons. The van der Waals surface area contributed by atoms with Gasteiger partial charge < -0.3 is 5.32 Å². The highest BCUT2D eigenvalue weighted by Gasteiger charge is 2.24. The zero-order chi connectivity index (χ0) is 20.5. The largest absolute Gasteiger partial charge is 0.326 e. The van der Waals surface area contributed by atoms with Gasteiger partial charge in [-0.25, -0.2) is 4.39 Å². The predicted octanol–water partition coefficient (Wildman–Crippen LogP) is 5.38. The third-order valence-electron chi connectivity index (χ3n) is 5.30. The zero-order valence-electron chi connectivity index (χ0n) is 17.7. The number of anilines is 1. The van der Waals surface area contributed by atoms with E-state index in [0.29, 0.717) is 6.42 Å². The molecule has 0 unspecified atom stereocenters. The average Bonchev–Trinajstić information content (AvgIpc) is 2.59. The van der Waals surface area contributed by atoms with Crippen LogP contribution in [0.1, 0.15) is 55.0 Å². The van der Waals surface area contributed by atoms with Gasteiger partial charge in [-0.1, -0.05) is 39.0 Å². The molecule has 0 saturated carbocycles. The summed E-state index contributed by atoms with van der Waals surface area (Å²) >= 11 is 0. The minimum Gasteiger partial charge on any atom is -0.326 e. The molecule has 2 aromatic rings. The summed E-state index contributed by atoms with van der Waals surface area (Å²) in [5.41, 5.74) is 7.06. The van der Waals surface area contributed by atoms with Crippen LogP contribution in [0, 0.1) is 25.1 Å². The van der Waals surface area contributed by atoms with E-state index in [-0.39, 0.29) is 17.1 Å². The van der Waals surface area contributed by atoms with E-state index in [9.17, 15) is 9.18 Å². The van der Waals surface area contributed by atoms with Crippen LogP contribution in [-0.4, -0.2) is 17.4 Å². The molecule has 4 heteroatoms. The van der Waals surface area contributed by atoms with E-state index in [0.717, 1.165) is 42.9 Å². The van der Waals surface area contributed by atoms with Crippen molar-refractivity contribution in [2.45, 2.75) is 60.5 Å². The third-order valence-corrected chi connectivity index (χ3v) is 5.30. The molecule has 1 aliphatic heterocycles. The molecule has 1 aliphatic rings. The van der Waals surface area contributed by atoms with Crippen LogP contribution in [0.15, 0.2) is 30.3 Å². The van der Waals surface area contributed by atoms with Gasteiger partial charge >= 0.3 is 0 Å². The number of nitrogens with zero attached hydrogens (tertiary/aromatic N) is 1. The standard InChI is InChI=1S/C24H31FN2O/c1-16-12-17(2)23(26-22(28)13-24(3,4)5)20-10-11-27(15-21(16)20)14-18-6-8-19(25)9-7-18/h6-9,12H,10-11,13-15H2,1-5H3,(H,26,28). The second-order valence-corrected chi connectivity index (χ2v) is 9.22. The molecule has 3 rings (SSSR count). The van der Waals surface area contributed by atoms with Gasteiger partial charge in [-0.3, -0.25) is 9.69 Å². The first kappa shape index (κ1) is 20.5. The normalized spacial score (nSPS) is 14.6. The molecule has 0 aliphatic carbocycles. The highest BCUT2D eigenvalue weighted by molar-refractivity contribution is 5.93. The average molecular weight is 383 g/mol. The Hall–Kier alpha value is -2.20. The van der Waals surface area contributed by atoms with E-state index < -0.39 is 0 Å². The van der Waals surface area contributed by atoms with Crippen LogP contribution in [0.3, 0.4) is 0 Å². The lowest BCUT2D eigenvalue weighted by Crippen LogP contribution is -2.32. The van der Waals surface area contributed by atoms with Gasteiger partial charge in [0.25, 0.3) is 0 Å². The monoisotopic (exact) mass is 382 g/mol. The molecule has 3 nitrogen and oxygen atoms in total. The van der Waals surface area contributed by atoms with E-state index in [1.165, 1.54) is 28.8 Å². The van der Waals surface area contributed by atoms with Gasteiger partial charge in [0.1, 0.15) is 5.82 Å². The van der Waals surface area contributed by atoms with E-state index in [4.69, 9.17) is 0 Å².